The van der Waals surface area contributed by atoms with Gasteiger partial charge in [0.05, 0.1) is 17.1 Å². The first-order chi connectivity index (χ1) is 11.5. The number of amides is 1. The standard InChI is InChI=1S/C18H17IN4O/c1-12-17(20-14-6-10-15(11-7-14)22(2)3)18(24)23(21-12)16-8-4-13(19)5-9-16/h4-11H,1-3H3. The van der Waals surface area contributed by atoms with Gasteiger partial charge in [0.25, 0.3) is 5.91 Å². The van der Waals surface area contributed by atoms with Crippen molar-refractivity contribution in [1.29, 1.82) is 0 Å². The summed E-state index contributed by atoms with van der Waals surface area (Å²) in [5.41, 5.74) is 3.57. The first-order valence-electron chi connectivity index (χ1n) is 7.47. The molecule has 0 fully saturated rings. The van der Waals surface area contributed by atoms with Crippen LogP contribution in [0, 0.1) is 3.57 Å². The minimum absolute atomic E-state index is 0.203. The molecule has 2 aromatic carbocycles. The van der Waals surface area contributed by atoms with Crippen molar-refractivity contribution in [2.75, 3.05) is 24.0 Å². The van der Waals surface area contributed by atoms with Crippen molar-refractivity contribution < 1.29 is 4.79 Å². The summed E-state index contributed by atoms with van der Waals surface area (Å²) in [4.78, 5) is 19.2. The Kier molecular flexibility index (Phi) is 4.66. The number of hydrogen-bond acceptors (Lipinski definition) is 4. The Morgan fingerprint density at radius 3 is 2.25 bits per heavy atom. The highest BCUT2D eigenvalue weighted by atomic mass is 127. The highest BCUT2D eigenvalue weighted by Gasteiger charge is 2.30. The molecule has 0 N–H and O–H groups in total. The maximum Gasteiger partial charge on any atom is 0.299 e. The van der Waals surface area contributed by atoms with Gasteiger partial charge in [0, 0.05) is 23.4 Å². The van der Waals surface area contributed by atoms with E-state index in [-0.39, 0.29) is 5.91 Å². The second-order valence-corrected chi connectivity index (χ2v) is 6.90. The fourth-order valence-corrected chi connectivity index (χ4v) is 2.70. The molecule has 1 aliphatic rings. The highest BCUT2D eigenvalue weighted by molar-refractivity contribution is 14.1. The Labute approximate surface area is 154 Å². The molecule has 0 aromatic heterocycles. The molecule has 6 heteroatoms. The molecule has 0 atom stereocenters. The Bertz CT molecular complexity index is 823. The molecule has 1 amide bonds. The summed E-state index contributed by atoms with van der Waals surface area (Å²) in [6.45, 7) is 1.80. The summed E-state index contributed by atoms with van der Waals surface area (Å²) in [6, 6.07) is 15.4. The van der Waals surface area contributed by atoms with Crippen molar-refractivity contribution in [2.45, 2.75) is 6.92 Å². The Balaban J connectivity index is 1.88. The molecule has 0 saturated carbocycles. The van der Waals surface area contributed by atoms with Gasteiger partial charge in [0.1, 0.15) is 0 Å². The van der Waals surface area contributed by atoms with Crippen LogP contribution in [0.4, 0.5) is 17.1 Å². The maximum absolute atomic E-state index is 12.7. The molecule has 1 heterocycles. The quantitative estimate of drug-likeness (QED) is 0.692. The number of hydrogen-bond donors (Lipinski definition) is 0. The molecule has 0 saturated heterocycles. The predicted octanol–water partition coefficient (Wildman–Crippen LogP) is 3.85. The van der Waals surface area contributed by atoms with E-state index < -0.39 is 0 Å². The summed E-state index contributed by atoms with van der Waals surface area (Å²) in [7, 11) is 3.97. The van der Waals surface area contributed by atoms with Crippen molar-refractivity contribution in [3.05, 3.63) is 52.1 Å². The van der Waals surface area contributed by atoms with Gasteiger partial charge in [-0.2, -0.15) is 10.1 Å². The number of carbonyl (C=O) groups is 1. The minimum Gasteiger partial charge on any atom is -0.378 e. The summed E-state index contributed by atoms with van der Waals surface area (Å²) in [5, 5.41) is 5.75. The molecule has 0 bridgehead atoms. The lowest BCUT2D eigenvalue weighted by Gasteiger charge is -2.12. The van der Waals surface area contributed by atoms with E-state index in [4.69, 9.17) is 0 Å². The van der Waals surface area contributed by atoms with E-state index >= 15 is 0 Å². The van der Waals surface area contributed by atoms with Gasteiger partial charge in [-0.1, -0.05) is 0 Å². The van der Waals surface area contributed by atoms with Crippen LogP contribution < -0.4 is 9.91 Å². The smallest absolute Gasteiger partial charge is 0.299 e. The Morgan fingerprint density at radius 2 is 1.67 bits per heavy atom. The SMILES string of the molecule is CC1=NN(c2ccc(I)cc2)C(=O)C1=Nc1ccc(N(C)C)cc1. The topological polar surface area (TPSA) is 48.3 Å². The van der Waals surface area contributed by atoms with Crippen LogP contribution in [-0.4, -0.2) is 31.4 Å². The summed E-state index contributed by atoms with van der Waals surface area (Å²) in [6.07, 6.45) is 0. The largest absolute Gasteiger partial charge is 0.378 e. The van der Waals surface area contributed by atoms with Crippen LogP contribution >= 0.6 is 22.6 Å². The van der Waals surface area contributed by atoms with Crippen LogP contribution in [0.1, 0.15) is 6.92 Å². The van der Waals surface area contributed by atoms with Gasteiger partial charge >= 0.3 is 0 Å². The van der Waals surface area contributed by atoms with Gasteiger partial charge in [-0.05, 0) is 78.0 Å². The summed E-state index contributed by atoms with van der Waals surface area (Å²) < 4.78 is 1.11. The average molecular weight is 432 g/mol. The van der Waals surface area contributed by atoms with Crippen molar-refractivity contribution in [2.24, 2.45) is 10.1 Å². The zero-order valence-electron chi connectivity index (χ0n) is 13.7. The number of anilines is 2. The number of benzene rings is 2. The lowest BCUT2D eigenvalue weighted by Crippen LogP contribution is -2.27. The summed E-state index contributed by atoms with van der Waals surface area (Å²) >= 11 is 2.23. The first-order valence-corrected chi connectivity index (χ1v) is 8.55. The second-order valence-electron chi connectivity index (χ2n) is 5.65. The van der Waals surface area contributed by atoms with Crippen LogP contribution in [0.2, 0.25) is 0 Å². The molecule has 0 radical (unpaired) electrons. The molecule has 3 rings (SSSR count). The van der Waals surface area contributed by atoms with Crippen LogP contribution in [0.3, 0.4) is 0 Å². The zero-order valence-corrected chi connectivity index (χ0v) is 15.9. The van der Waals surface area contributed by atoms with E-state index in [9.17, 15) is 4.79 Å². The molecule has 24 heavy (non-hydrogen) atoms. The Morgan fingerprint density at radius 1 is 1.04 bits per heavy atom. The summed E-state index contributed by atoms with van der Waals surface area (Å²) in [5.74, 6) is -0.203. The third kappa shape index (κ3) is 3.33. The van der Waals surface area contributed by atoms with Crippen LogP contribution in [0.25, 0.3) is 0 Å². The third-order valence-electron chi connectivity index (χ3n) is 3.67. The molecular weight excluding hydrogens is 415 g/mol. The van der Waals surface area contributed by atoms with Crippen LogP contribution in [-0.2, 0) is 4.79 Å². The monoisotopic (exact) mass is 432 g/mol. The third-order valence-corrected chi connectivity index (χ3v) is 4.39. The van der Waals surface area contributed by atoms with Crippen molar-refractivity contribution in [3.63, 3.8) is 0 Å². The molecule has 1 aliphatic heterocycles. The maximum atomic E-state index is 12.7. The number of halogens is 1. The number of aliphatic imine (C=N–C) groups is 1. The number of carbonyl (C=O) groups excluding carboxylic acids is 1. The van der Waals surface area contributed by atoms with E-state index in [2.05, 4.69) is 32.7 Å². The van der Waals surface area contributed by atoms with Crippen LogP contribution in [0.15, 0.2) is 58.6 Å². The van der Waals surface area contributed by atoms with Crippen LogP contribution in [0.5, 0.6) is 0 Å². The van der Waals surface area contributed by atoms with Gasteiger partial charge < -0.3 is 4.90 Å². The van der Waals surface area contributed by atoms with E-state index in [0.29, 0.717) is 11.4 Å². The fourth-order valence-electron chi connectivity index (χ4n) is 2.34. The average Bonchev–Trinajstić information content (AvgIpc) is 2.84. The Hall–Kier alpha value is -2.22. The normalized spacial score (nSPS) is 15.8. The zero-order chi connectivity index (χ0) is 17.3. The van der Waals surface area contributed by atoms with Crippen molar-refractivity contribution >= 4 is 57.0 Å². The van der Waals surface area contributed by atoms with Gasteiger partial charge in [-0.15, -0.1) is 0 Å². The molecule has 122 valence electrons. The lowest BCUT2D eigenvalue weighted by atomic mass is 10.2. The molecular formula is C18H17IN4O. The van der Waals surface area contributed by atoms with Gasteiger partial charge in [-0.3, -0.25) is 4.79 Å². The van der Waals surface area contributed by atoms with E-state index in [0.717, 1.165) is 20.6 Å². The molecule has 0 spiro atoms. The number of rotatable bonds is 3. The highest BCUT2D eigenvalue weighted by Crippen LogP contribution is 2.23. The van der Waals surface area contributed by atoms with E-state index in [1.54, 1.807) is 6.92 Å². The predicted molar refractivity (Wildman–Crippen MR) is 108 cm³/mol. The first kappa shape index (κ1) is 16.6. The van der Waals surface area contributed by atoms with Gasteiger partial charge in [0.2, 0.25) is 0 Å². The molecule has 0 unspecified atom stereocenters. The fraction of sp³-hybridized carbons (Fsp3) is 0.167. The van der Waals surface area contributed by atoms with Gasteiger partial charge in [-0.25, -0.2) is 4.99 Å². The number of hydrazone groups is 1. The lowest BCUT2D eigenvalue weighted by molar-refractivity contribution is -0.112. The van der Waals surface area contributed by atoms with E-state index in [1.807, 2.05) is 67.5 Å². The second kappa shape index (κ2) is 6.72. The van der Waals surface area contributed by atoms with Crippen molar-refractivity contribution in [1.82, 2.24) is 0 Å². The molecule has 5 nitrogen and oxygen atoms in total. The van der Waals surface area contributed by atoms with E-state index in [1.165, 1.54) is 5.01 Å². The number of nitrogens with zero attached hydrogens (tertiary/aromatic N) is 4. The van der Waals surface area contributed by atoms with Crippen molar-refractivity contribution in [3.8, 4) is 0 Å². The molecule has 0 aliphatic carbocycles. The van der Waals surface area contributed by atoms with Gasteiger partial charge in [0.15, 0.2) is 5.71 Å². The minimum atomic E-state index is -0.203. The molecule has 2 aromatic rings.